The topological polar surface area (TPSA) is 142 Å². The summed E-state index contributed by atoms with van der Waals surface area (Å²) >= 11 is 1.46. The lowest BCUT2D eigenvalue weighted by Crippen LogP contribution is -2.47. The maximum Gasteiger partial charge on any atom is 0.259 e. The second-order valence-electron chi connectivity index (χ2n) is 7.14. The van der Waals surface area contributed by atoms with Gasteiger partial charge in [0.1, 0.15) is 17.3 Å². The van der Waals surface area contributed by atoms with Crippen molar-refractivity contribution >= 4 is 29.5 Å². The number of ether oxygens (including phenoxy) is 1. The zero-order valence-electron chi connectivity index (χ0n) is 17.8. The number of aromatic nitrogens is 1. The van der Waals surface area contributed by atoms with Gasteiger partial charge in [-0.15, -0.1) is 0 Å². The number of aliphatic hydroxyl groups excluding tert-OH is 1. The Morgan fingerprint density at radius 3 is 2.97 bits per heavy atom. The van der Waals surface area contributed by atoms with E-state index in [0.717, 1.165) is 10.5 Å². The van der Waals surface area contributed by atoms with Crippen molar-refractivity contribution in [3.8, 4) is 0 Å². The largest absolute Gasteiger partial charge is 0.394 e. The average molecular weight is 464 g/mol. The number of benzene rings is 1. The van der Waals surface area contributed by atoms with E-state index in [1.54, 1.807) is 38.3 Å². The number of methoxy groups -OCH3 is 1. The number of fused-ring (bicyclic) bond motifs is 1. The number of nitrogens with zero attached hydrogens (tertiary/aromatic N) is 4. The Kier molecular flexibility index (Phi) is 7.99. The summed E-state index contributed by atoms with van der Waals surface area (Å²) in [6.07, 6.45) is 0. The van der Waals surface area contributed by atoms with E-state index >= 15 is 0 Å². The number of halogens is 1. The minimum absolute atomic E-state index is 0.0842. The number of amides is 1. The summed E-state index contributed by atoms with van der Waals surface area (Å²) < 4.78 is 21.8. The number of aliphatic hydroxyl groups is 1. The number of carbonyl (C=O) groups excluding carboxylic acids is 1. The normalized spacial score (nSPS) is 14.8. The first-order valence-electron chi connectivity index (χ1n) is 9.83. The first kappa shape index (κ1) is 23.9. The molecule has 0 saturated carbocycles. The molecule has 1 aliphatic heterocycles. The molecule has 1 aromatic heterocycles. The van der Waals surface area contributed by atoms with E-state index in [4.69, 9.17) is 16.4 Å². The number of nitrogens with one attached hydrogen (secondary N) is 1. The third-order valence-corrected chi connectivity index (χ3v) is 5.99. The standard InChI is InChI=1S/C20H26FN7O3S/c1-12(11-29)28(23)19(26-22)16-4-3-5-18(24-16)25-20(30)14-9-17-13(8-15(14)21)10-27(32-17)6-7-31-2/h3-5,8-9,12,29H,6-7,10-11,22-23H2,1-2H3,(H,24,25,30)/b26-19-. The van der Waals surface area contributed by atoms with Crippen LogP contribution in [0.4, 0.5) is 10.2 Å². The van der Waals surface area contributed by atoms with Gasteiger partial charge >= 0.3 is 0 Å². The van der Waals surface area contributed by atoms with Crippen LogP contribution in [0.3, 0.4) is 0 Å². The molecular weight excluding hydrogens is 437 g/mol. The SMILES string of the molecule is COCCN1Cc2cc(F)c(C(=O)Nc3cccc(/C(=N/N)N(N)C(C)CO)n3)cc2S1. The minimum Gasteiger partial charge on any atom is -0.394 e. The predicted molar refractivity (Wildman–Crippen MR) is 120 cm³/mol. The summed E-state index contributed by atoms with van der Waals surface area (Å²) in [5.41, 5.74) is 1.02. The van der Waals surface area contributed by atoms with Crippen LogP contribution in [-0.4, -0.2) is 64.1 Å². The van der Waals surface area contributed by atoms with Crippen LogP contribution in [0.2, 0.25) is 0 Å². The highest BCUT2D eigenvalue weighted by Crippen LogP contribution is 2.37. The second-order valence-corrected chi connectivity index (χ2v) is 8.28. The molecule has 1 aromatic carbocycles. The number of rotatable bonds is 8. The van der Waals surface area contributed by atoms with Crippen molar-refractivity contribution in [3.63, 3.8) is 0 Å². The van der Waals surface area contributed by atoms with E-state index in [2.05, 4.69) is 15.4 Å². The third-order valence-electron chi connectivity index (χ3n) is 4.84. The predicted octanol–water partition coefficient (Wildman–Crippen LogP) is 1.12. The van der Waals surface area contributed by atoms with Crippen molar-refractivity contribution in [1.82, 2.24) is 14.3 Å². The lowest BCUT2D eigenvalue weighted by Gasteiger charge is -2.25. The van der Waals surface area contributed by atoms with E-state index in [0.29, 0.717) is 19.7 Å². The Morgan fingerprint density at radius 2 is 2.28 bits per heavy atom. The van der Waals surface area contributed by atoms with Crippen molar-refractivity contribution in [2.45, 2.75) is 24.4 Å². The summed E-state index contributed by atoms with van der Waals surface area (Å²) in [5.74, 6) is 10.4. The van der Waals surface area contributed by atoms with Crippen LogP contribution >= 0.6 is 11.9 Å². The summed E-state index contributed by atoms with van der Waals surface area (Å²) in [4.78, 5) is 17.9. The summed E-state index contributed by atoms with van der Waals surface area (Å²) in [6.45, 7) is 3.29. The van der Waals surface area contributed by atoms with E-state index in [1.807, 2.05) is 4.31 Å². The van der Waals surface area contributed by atoms with Gasteiger partial charge in [-0.1, -0.05) is 6.07 Å². The number of carbonyl (C=O) groups is 1. The molecule has 172 valence electrons. The van der Waals surface area contributed by atoms with Crippen molar-refractivity contribution < 1.29 is 19.0 Å². The molecule has 0 spiro atoms. The van der Waals surface area contributed by atoms with Crippen molar-refractivity contribution in [1.29, 1.82) is 0 Å². The maximum absolute atomic E-state index is 14.7. The van der Waals surface area contributed by atoms with Gasteiger partial charge in [-0.3, -0.25) is 9.80 Å². The first-order valence-corrected chi connectivity index (χ1v) is 10.6. The van der Waals surface area contributed by atoms with E-state index in [-0.39, 0.29) is 29.5 Å². The van der Waals surface area contributed by atoms with Crippen LogP contribution in [0, 0.1) is 5.82 Å². The molecule has 32 heavy (non-hydrogen) atoms. The van der Waals surface area contributed by atoms with Gasteiger partial charge < -0.3 is 21.0 Å². The highest BCUT2D eigenvalue weighted by atomic mass is 32.2. The molecule has 0 radical (unpaired) electrons. The summed E-state index contributed by atoms with van der Waals surface area (Å²) in [6, 6.07) is 7.25. The van der Waals surface area contributed by atoms with Gasteiger partial charge in [0, 0.05) is 25.1 Å². The Hall–Kier alpha value is -2.77. The van der Waals surface area contributed by atoms with Crippen LogP contribution in [-0.2, 0) is 11.3 Å². The average Bonchev–Trinajstić information content (AvgIpc) is 3.18. The Balaban J connectivity index is 1.77. The van der Waals surface area contributed by atoms with Gasteiger partial charge in [0.15, 0.2) is 5.84 Å². The van der Waals surface area contributed by atoms with E-state index in [9.17, 15) is 14.3 Å². The molecule has 2 heterocycles. The smallest absolute Gasteiger partial charge is 0.259 e. The fraction of sp³-hybridized carbons (Fsp3) is 0.350. The van der Waals surface area contributed by atoms with E-state index < -0.39 is 17.8 Å². The molecule has 3 rings (SSSR count). The Morgan fingerprint density at radius 1 is 1.50 bits per heavy atom. The van der Waals surface area contributed by atoms with Crippen LogP contribution in [0.5, 0.6) is 0 Å². The lowest BCUT2D eigenvalue weighted by atomic mass is 10.1. The highest BCUT2D eigenvalue weighted by Gasteiger charge is 2.25. The van der Waals surface area contributed by atoms with Gasteiger partial charge in [0.25, 0.3) is 5.91 Å². The Bertz CT molecular complexity index is 1010. The fourth-order valence-corrected chi connectivity index (χ4v) is 4.09. The quantitative estimate of drug-likeness (QED) is 0.149. The molecule has 1 aliphatic rings. The molecule has 1 unspecified atom stereocenters. The highest BCUT2D eigenvalue weighted by molar-refractivity contribution is 7.97. The Labute approximate surface area is 189 Å². The molecule has 0 saturated heterocycles. The maximum atomic E-state index is 14.7. The molecule has 1 atom stereocenters. The minimum atomic E-state index is -0.634. The molecule has 10 nitrogen and oxygen atoms in total. The van der Waals surface area contributed by atoms with Crippen LogP contribution < -0.4 is 17.0 Å². The summed E-state index contributed by atoms with van der Waals surface area (Å²) in [5, 5.41) is 16.7. The zero-order valence-corrected chi connectivity index (χ0v) is 18.6. The molecule has 0 bridgehead atoms. The molecular formula is C20H26FN7O3S. The lowest BCUT2D eigenvalue weighted by molar-refractivity contribution is 0.102. The number of hydrazone groups is 1. The first-order chi connectivity index (χ1) is 15.4. The second kappa shape index (κ2) is 10.7. The van der Waals surface area contributed by atoms with Crippen molar-refractivity contribution in [2.24, 2.45) is 16.8 Å². The molecule has 1 amide bonds. The molecule has 0 aliphatic carbocycles. The molecule has 2 aromatic rings. The zero-order chi connectivity index (χ0) is 23.3. The van der Waals surface area contributed by atoms with Gasteiger partial charge in [-0.05, 0) is 48.7 Å². The van der Waals surface area contributed by atoms with Crippen LogP contribution in [0.25, 0.3) is 0 Å². The number of hydrogen-bond acceptors (Lipinski definition) is 9. The number of nitrogens with two attached hydrogens (primary N) is 2. The van der Waals surface area contributed by atoms with Gasteiger partial charge in [-0.25, -0.2) is 19.5 Å². The number of hydrazine groups is 1. The number of anilines is 1. The summed E-state index contributed by atoms with van der Waals surface area (Å²) in [7, 11) is 1.62. The van der Waals surface area contributed by atoms with Crippen LogP contribution in [0.1, 0.15) is 28.5 Å². The van der Waals surface area contributed by atoms with Gasteiger partial charge in [-0.2, -0.15) is 5.10 Å². The van der Waals surface area contributed by atoms with E-state index in [1.165, 1.54) is 23.0 Å². The van der Waals surface area contributed by atoms with Crippen molar-refractivity contribution in [2.75, 3.05) is 32.2 Å². The number of hydrogen-bond donors (Lipinski definition) is 4. The molecule has 12 heteroatoms. The van der Waals surface area contributed by atoms with Crippen LogP contribution in [0.15, 0.2) is 40.3 Å². The molecule has 0 fully saturated rings. The fourth-order valence-electron chi connectivity index (χ4n) is 3.03. The monoisotopic (exact) mass is 463 g/mol. The number of pyridine rings is 1. The van der Waals surface area contributed by atoms with Gasteiger partial charge in [0.05, 0.1) is 24.8 Å². The number of amidine groups is 1. The van der Waals surface area contributed by atoms with Gasteiger partial charge in [0.2, 0.25) is 0 Å². The molecule has 6 N–H and O–H groups in total. The van der Waals surface area contributed by atoms with Crippen molar-refractivity contribution in [3.05, 3.63) is 53.0 Å². The third kappa shape index (κ3) is 5.34.